The van der Waals surface area contributed by atoms with Gasteiger partial charge in [-0.15, -0.1) is 16.4 Å². The highest BCUT2D eigenvalue weighted by atomic mass is 32.1. The molecular weight excluding hydrogens is 442 g/mol. The van der Waals surface area contributed by atoms with Gasteiger partial charge in [0, 0.05) is 16.0 Å². The minimum absolute atomic E-state index is 0.226. The van der Waals surface area contributed by atoms with Gasteiger partial charge < -0.3 is 15.4 Å². The average Bonchev–Trinajstić information content (AvgIpc) is 3.07. The summed E-state index contributed by atoms with van der Waals surface area (Å²) < 4.78 is 6.33. The lowest BCUT2D eigenvalue weighted by molar-refractivity contribution is -0.117. The molecule has 0 radical (unpaired) electrons. The first-order valence-electron chi connectivity index (χ1n) is 10.8. The van der Waals surface area contributed by atoms with Gasteiger partial charge in [-0.05, 0) is 58.7 Å². The predicted molar refractivity (Wildman–Crippen MR) is 127 cm³/mol. The number of fused-ring (bicyclic) bond motifs is 2. The van der Waals surface area contributed by atoms with Crippen molar-refractivity contribution in [3.63, 3.8) is 0 Å². The maximum Gasteiger partial charge on any atom is 0.341 e. The molecule has 1 aliphatic heterocycles. The van der Waals surface area contributed by atoms with Gasteiger partial charge in [-0.1, -0.05) is 17.3 Å². The topological polar surface area (TPSA) is 115 Å². The predicted octanol–water partition coefficient (Wildman–Crippen LogP) is 2.83. The third-order valence-electron chi connectivity index (χ3n) is 5.50. The highest BCUT2D eigenvalue weighted by Gasteiger charge is 2.42. The summed E-state index contributed by atoms with van der Waals surface area (Å²) in [5.41, 5.74) is 0.682. The molecule has 9 nitrogen and oxygen atoms in total. The van der Waals surface area contributed by atoms with Crippen molar-refractivity contribution in [3.8, 4) is 0 Å². The Hall–Kier alpha value is -3.11. The van der Waals surface area contributed by atoms with Gasteiger partial charge in [0.2, 0.25) is 5.91 Å². The number of nitrogens with one attached hydrogen (secondary N) is 2. The Balaban J connectivity index is 1.69. The number of benzene rings is 1. The van der Waals surface area contributed by atoms with Gasteiger partial charge in [-0.2, -0.15) is 0 Å². The molecule has 1 aliphatic rings. The van der Waals surface area contributed by atoms with Gasteiger partial charge in [0.25, 0.3) is 5.56 Å². The summed E-state index contributed by atoms with van der Waals surface area (Å²) in [6.07, 6.45) is 0.613. The number of esters is 1. The number of rotatable bonds is 5. The van der Waals surface area contributed by atoms with Crippen LogP contribution in [0.3, 0.4) is 0 Å². The van der Waals surface area contributed by atoms with Gasteiger partial charge in [0.15, 0.2) is 0 Å². The first-order valence-corrected chi connectivity index (χ1v) is 11.6. The number of amides is 1. The van der Waals surface area contributed by atoms with Crippen LogP contribution in [0.2, 0.25) is 0 Å². The van der Waals surface area contributed by atoms with Crippen LogP contribution in [0.1, 0.15) is 55.4 Å². The Morgan fingerprint density at radius 1 is 1.24 bits per heavy atom. The van der Waals surface area contributed by atoms with E-state index in [4.69, 9.17) is 4.74 Å². The SMILES string of the molecule is CCOC(=O)c1c(NC(=O)Cn2nnc3ccccc3c2=O)sc2c1CC(C)(C)NC2(C)C. The molecule has 0 fully saturated rings. The summed E-state index contributed by atoms with van der Waals surface area (Å²) in [6, 6.07) is 6.83. The maximum atomic E-state index is 12.9. The van der Waals surface area contributed by atoms with E-state index >= 15 is 0 Å². The normalized spacial score (nSPS) is 16.3. The Kier molecular flexibility index (Phi) is 5.83. The second kappa shape index (κ2) is 8.35. The molecule has 2 aromatic heterocycles. The third-order valence-corrected chi connectivity index (χ3v) is 6.97. The molecule has 0 atom stereocenters. The van der Waals surface area contributed by atoms with Crippen LogP contribution in [0.4, 0.5) is 5.00 Å². The zero-order chi connectivity index (χ0) is 24.0. The van der Waals surface area contributed by atoms with Crippen LogP contribution < -0.4 is 16.2 Å². The Bertz CT molecular complexity index is 1310. The number of anilines is 1. The van der Waals surface area contributed by atoms with E-state index in [2.05, 4.69) is 34.8 Å². The molecule has 4 rings (SSSR count). The second-order valence-electron chi connectivity index (χ2n) is 9.26. The summed E-state index contributed by atoms with van der Waals surface area (Å²) >= 11 is 1.35. The molecule has 33 heavy (non-hydrogen) atoms. The van der Waals surface area contributed by atoms with Crippen molar-refractivity contribution < 1.29 is 14.3 Å². The number of carbonyl (C=O) groups is 2. The number of carbonyl (C=O) groups excluding carboxylic acids is 2. The summed E-state index contributed by atoms with van der Waals surface area (Å²) in [7, 11) is 0. The number of aromatic nitrogens is 3. The molecule has 3 heterocycles. The molecule has 0 saturated carbocycles. The minimum Gasteiger partial charge on any atom is -0.462 e. The van der Waals surface area contributed by atoms with Crippen molar-refractivity contribution in [2.45, 2.75) is 58.7 Å². The van der Waals surface area contributed by atoms with E-state index in [-0.39, 0.29) is 18.7 Å². The summed E-state index contributed by atoms with van der Waals surface area (Å²) in [4.78, 5) is 39.5. The van der Waals surface area contributed by atoms with Crippen LogP contribution in [-0.2, 0) is 28.0 Å². The van der Waals surface area contributed by atoms with Crippen LogP contribution >= 0.6 is 11.3 Å². The van der Waals surface area contributed by atoms with E-state index < -0.39 is 23.0 Å². The van der Waals surface area contributed by atoms with E-state index in [1.165, 1.54) is 11.3 Å². The molecule has 0 spiro atoms. The molecule has 3 aromatic rings. The lowest BCUT2D eigenvalue weighted by Gasteiger charge is -2.42. The lowest BCUT2D eigenvalue weighted by Crippen LogP contribution is -2.55. The van der Waals surface area contributed by atoms with Crippen molar-refractivity contribution in [2.75, 3.05) is 11.9 Å². The zero-order valence-corrected chi connectivity index (χ0v) is 20.1. The third kappa shape index (κ3) is 4.40. The molecule has 0 saturated heterocycles. The van der Waals surface area contributed by atoms with Gasteiger partial charge in [-0.3, -0.25) is 9.59 Å². The van der Waals surface area contributed by atoms with Crippen LogP contribution in [0.15, 0.2) is 29.1 Å². The maximum absolute atomic E-state index is 12.9. The summed E-state index contributed by atoms with van der Waals surface area (Å²) in [5, 5.41) is 15.1. The fourth-order valence-electron chi connectivity index (χ4n) is 4.46. The van der Waals surface area contributed by atoms with Crippen molar-refractivity contribution in [3.05, 3.63) is 50.6 Å². The molecule has 0 bridgehead atoms. The fourth-order valence-corrected chi connectivity index (χ4v) is 5.75. The van der Waals surface area contributed by atoms with E-state index in [0.29, 0.717) is 27.9 Å². The van der Waals surface area contributed by atoms with Crippen LogP contribution in [0.25, 0.3) is 10.9 Å². The Morgan fingerprint density at radius 2 is 1.97 bits per heavy atom. The Morgan fingerprint density at radius 3 is 2.70 bits per heavy atom. The Labute approximate surface area is 195 Å². The van der Waals surface area contributed by atoms with Crippen molar-refractivity contribution in [1.29, 1.82) is 0 Å². The van der Waals surface area contributed by atoms with Crippen LogP contribution in [0.5, 0.6) is 0 Å². The van der Waals surface area contributed by atoms with Gasteiger partial charge in [-0.25, -0.2) is 9.48 Å². The van der Waals surface area contributed by atoms with Crippen molar-refractivity contribution >= 4 is 39.1 Å². The summed E-state index contributed by atoms with van der Waals surface area (Å²) in [6.45, 7) is 9.90. The molecule has 1 amide bonds. The van der Waals surface area contributed by atoms with Gasteiger partial charge >= 0.3 is 5.97 Å². The lowest BCUT2D eigenvalue weighted by atomic mass is 9.81. The standard InChI is InChI=1S/C23H27N5O4S/c1-6-32-21(31)17-14-11-22(2,3)26-23(4,5)18(14)33-19(17)24-16(29)12-28-20(30)13-9-7-8-10-15(13)25-27-28/h7-10,26H,6,11-12H2,1-5H3,(H,24,29). The molecule has 10 heteroatoms. The largest absolute Gasteiger partial charge is 0.462 e. The molecule has 2 N–H and O–H groups in total. The van der Waals surface area contributed by atoms with E-state index in [0.717, 1.165) is 15.1 Å². The van der Waals surface area contributed by atoms with Crippen molar-refractivity contribution in [2.24, 2.45) is 0 Å². The van der Waals surface area contributed by atoms with Crippen LogP contribution in [0, 0.1) is 0 Å². The van der Waals surface area contributed by atoms with Crippen LogP contribution in [-0.4, -0.2) is 39.0 Å². The molecule has 0 aliphatic carbocycles. The smallest absolute Gasteiger partial charge is 0.341 e. The number of ether oxygens (including phenoxy) is 1. The first-order chi connectivity index (χ1) is 15.5. The second-order valence-corrected chi connectivity index (χ2v) is 10.3. The molecular formula is C23H27N5O4S. The van der Waals surface area contributed by atoms with Gasteiger partial charge in [0.1, 0.15) is 17.1 Å². The highest BCUT2D eigenvalue weighted by molar-refractivity contribution is 7.17. The number of hydrogen-bond donors (Lipinski definition) is 2. The van der Waals surface area contributed by atoms with E-state index in [1.807, 2.05) is 13.8 Å². The molecule has 174 valence electrons. The zero-order valence-electron chi connectivity index (χ0n) is 19.3. The monoisotopic (exact) mass is 469 g/mol. The highest BCUT2D eigenvalue weighted by Crippen LogP contribution is 2.45. The number of nitrogens with zero attached hydrogens (tertiary/aromatic N) is 3. The fraction of sp³-hybridized carbons (Fsp3) is 0.435. The van der Waals surface area contributed by atoms with Crippen molar-refractivity contribution in [1.82, 2.24) is 20.3 Å². The average molecular weight is 470 g/mol. The van der Waals surface area contributed by atoms with Gasteiger partial charge in [0.05, 0.1) is 17.6 Å². The quantitative estimate of drug-likeness (QED) is 0.552. The molecule has 1 aromatic carbocycles. The summed E-state index contributed by atoms with van der Waals surface area (Å²) in [5.74, 6) is -0.947. The van der Waals surface area contributed by atoms with E-state index in [1.54, 1.807) is 31.2 Å². The van der Waals surface area contributed by atoms with E-state index in [9.17, 15) is 14.4 Å². The first kappa shape index (κ1) is 23.1. The molecule has 0 unspecified atom stereocenters. The number of thiophene rings is 1. The minimum atomic E-state index is -0.476. The number of hydrogen-bond acceptors (Lipinski definition) is 8.